The van der Waals surface area contributed by atoms with Crippen LogP contribution in [0.5, 0.6) is 0 Å². The van der Waals surface area contributed by atoms with Crippen molar-refractivity contribution >= 4 is 23.0 Å². The van der Waals surface area contributed by atoms with Gasteiger partial charge >= 0.3 is 0 Å². The first-order chi connectivity index (χ1) is 15.1. The van der Waals surface area contributed by atoms with E-state index in [4.69, 9.17) is 16.6 Å². The molecule has 0 bridgehead atoms. The van der Waals surface area contributed by atoms with Crippen LogP contribution in [0.15, 0.2) is 60.8 Å². The van der Waals surface area contributed by atoms with Crippen molar-refractivity contribution in [2.75, 3.05) is 28.3 Å². The van der Waals surface area contributed by atoms with Gasteiger partial charge < -0.3 is 16.0 Å². The van der Waals surface area contributed by atoms with Crippen molar-refractivity contribution in [3.05, 3.63) is 60.8 Å². The van der Waals surface area contributed by atoms with E-state index in [1.54, 1.807) is 11.2 Å². The zero-order valence-electron chi connectivity index (χ0n) is 17.8. The SMILES string of the molecule is CC(N)N(NN)c1ccc(Nc2nccc(-c3cccc(N4CCCCC4)c3)n2)cc1. The van der Waals surface area contributed by atoms with Crippen molar-refractivity contribution in [1.82, 2.24) is 15.5 Å². The summed E-state index contributed by atoms with van der Waals surface area (Å²) in [6.45, 7) is 4.10. The van der Waals surface area contributed by atoms with Gasteiger partial charge in [-0.2, -0.15) is 5.53 Å². The van der Waals surface area contributed by atoms with E-state index < -0.39 is 0 Å². The lowest BCUT2D eigenvalue weighted by atomic mass is 10.1. The number of hydrogen-bond donors (Lipinski definition) is 4. The molecule has 2 heterocycles. The quantitative estimate of drug-likeness (QED) is 0.263. The van der Waals surface area contributed by atoms with Crippen molar-refractivity contribution in [2.45, 2.75) is 32.4 Å². The molecular formula is C23H30N8. The van der Waals surface area contributed by atoms with Crippen molar-refractivity contribution in [3.8, 4) is 11.3 Å². The summed E-state index contributed by atoms with van der Waals surface area (Å²) in [5.41, 5.74) is 13.5. The second-order valence-electron chi connectivity index (χ2n) is 7.78. The smallest absolute Gasteiger partial charge is 0.227 e. The fraction of sp³-hybridized carbons (Fsp3) is 0.304. The van der Waals surface area contributed by atoms with E-state index >= 15 is 0 Å². The summed E-state index contributed by atoms with van der Waals surface area (Å²) in [7, 11) is 0. The second-order valence-corrected chi connectivity index (χ2v) is 7.78. The third-order valence-electron chi connectivity index (χ3n) is 5.47. The van der Waals surface area contributed by atoms with Crippen LogP contribution in [-0.4, -0.2) is 29.2 Å². The summed E-state index contributed by atoms with van der Waals surface area (Å²) in [5, 5.41) is 4.95. The molecule has 1 aliphatic rings. The molecule has 1 unspecified atom stereocenters. The number of hydrogen-bond acceptors (Lipinski definition) is 8. The van der Waals surface area contributed by atoms with Gasteiger partial charge in [0, 0.05) is 36.2 Å². The van der Waals surface area contributed by atoms with Crippen molar-refractivity contribution in [3.63, 3.8) is 0 Å². The maximum absolute atomic E-state index is 5.92. The predicted molar refractivity (Wildman–Crippen MR) is 127 cm³/mol. The van der Waals surface area contributed by atoms with Crippen LogP contribution in [-0.2, 0) is 0 Å². The predicted octanol–water partition coefficient (Wildman–Crippen LogP) is 3.37. The molecule has 31 heavy (non-hydrogen) atoms. The van der Waals surface area contributed by atoms with Gasteiger partial charge in [-0.15, -0.1) is 0 Å². The first-order valence-corrected chi connectivity index (χ1v) is 10.7. The minimum absolute atomic E-state index is 0.260. The highest BCUT2D eigenvalue weighted by Gasteiger charge is 2.12. The Hall–Kier alpha value is -3.20. The molecule has 1 aliphatic heterocycles. The number of nitrogens with two attached hydrogens (primary N) is 2. The lowest BCUT2D eigenvalue weighted by molar-refractivity contribution is 0.564. The van der Waals surface area contributed by atoms with E-state index in [-0.39, 0.29) is 6.17 Å². The van der Waals surface area contributed by atoms with Gasteiger partial charge in [0.25, 0.3) is 0 Å². The Bertz CT molecular complexity index is 983. The number of hydrazine groups is 2. The Labute approximate surface area is 183 Å². The lowest BCUT2D eigenvalue weighted by Crippen LogP contribution is -2.52. The van der Waals surface area contributed by atoms with Crippen molar-refractivity contribution in [2.24, 2.45) is 11.6 Å². The van der Waals surface area contributed by atoms with Crippen LogP contribution in [0.4, 0.5) is 23.0 Å². The first-order valence-electron chi connectivity index (χ1n) is 10.7. The third kappa shape index (κ3) is 5.11. The molecule has 1 fully saturated rings. The van der Waals surface area contributed by atoms with Gasteiger partial charge in [0.2, 0.25) is 5.95 Å². The van der Waals surface area contributed by atoms with Crippen LogP contribution in [0.3, 0.4) is 0 Å². The van der Waals surface area contributed by atoms with Gasteiger partial charge in [0.05, 0.1) is 17.5 Å². The first kappa shape index (κ1) is 21.0. The second kappa shape index (κ2) is 9.74. The monoisotopic (exact) mass is 418 g/mol. The molecule has 162 valence electrons. The van der Waals surface area contributed by atoms with E-state index in [0.717, 1.165) is 35.7 Å². The van der Waals surface area contributed by atoms with Gasteiger partial charge in [-0.05, 0) is 68.7 Å². The van der Waals surface area contributed by atoms with Gasteiger partial charge in [-0.3, -0.25) is 10.9 Å². The summed E-state index contributed by atoms with van der Waals surface area (Å²) < 4.78 is 0. The van der Waals surface area contributed by atoms with Gasteiger partial charge in [-0.1, -0.05) is 12.1 Å². The van der Waals surface area contributed by atoms with Gasteiger partial charge in [0.15, 0.2) is 0 Å². The molecule has 8 heteroatoms. The molecule has 0 aliphatic carbocycles. The molecule has 1 aromatic heterocycles. The number of rotatable bonds is 7. The number of aromatic nitrogens is 2. The molecule has 0 amide bonds. The number of nitrogens with zero attached hydrogens (tertiary/aromatic N) is 4. The van der Waals surface area contributed by atoms with E-state index in [0.29, 0.717) is 5.95 Å². The molecule has 1 atom stereocenters. The maximum Gasteiger partial charge on any atom is 0.227 e. The van der Waals surface area contributed by atoms with Crippen molar-refractivity contribution in [1.29, 1.82) is 0 Å². The Balaban J connectivity index is 1.50. The Morgan fingerprint density at radius 3 is 2.52 bits per heavy atom. The van der Waals surface area contributed by atoms with Gasteiger partial charge in [-0.25, -0.2) is 9.97 Å². The largest absolute Gasteiger partial charge is 0.372 e. The standard InChI is InChI=1S/C23H30N8/c1-17(24)31(29-25)20-10-8-19(9-11-20)27-23-26-13-12-22(28-23)18-6-5-7-21(16-18)30-14-3-2-4-15-30/h5-13,16-17,29H,2-4,14-15,24-25H2,1H3,(H,26,27,28). The average molecular weight is 419 g/mol. The summed E-state index contributed by atoms with van der Waals surface area (Å²) in [6, 6.07) is 18.3. The fourth-order valence-electron chi connectivity index (χ4n) is 3.86. The van der Waals surface area contributed by atoms with E-state index in [1.165, 1.54) is 24.9 Å². The molecule has 3 aromatic rings. The fourth-order valence-corrected chi connectivity index (χ4v) is 3.86. The zero-order chi connectivity index (χ0) is 21.6. The minimum atomic E-state index is -0.260. The van der Waals surface area contributed by atoms with Crippen LogP contribution in [0.25, 0.3) is 11.3 Å². The van der Waals surface area contributed by atoms with Crippen LogP contribution >= 0.6 is 0 Å². The molecule has 0 radical (unpaired) electrons. The molecule has 2 aromatic carbocycles. The Morgan fingerprint density at radius 1 is 1.03 bits per heavy atom. The van der Waals surface area contributed by atoms with Crippen molar-refractivity contribution < 1.29 is 0 Å². The number of anilines is 4. The lowest BCUT2D eigenvalue weighted by Gasteiger charge is -2.29. The molecule has 8 nitrogen and oxygen atoms in total. The third-order valence-corrected chi connectivity index (χ3v) is 5.47. The zero-order valence-corrected chi connectivity index (χ0v) is 17.8. The number of benzene rings is 2. The highest BCUT2D eigenvalue weighted by atomic mass is 15.7. The minimum Gasteiger partial charge on any atom is -0.372 e. The molecular weight excluding hydrogens is 388 g/mol. The average Bonchev–Trinajstić information content (AvgIpc) is 2.81. The Kier molecular flexibility index (Phi) is 6.61. The topological polar surface area (TPSA) is 108 Å². The Morgan fingerprint density at radius 2 is 1.81 bits per heavy atom. The van der Waals surface area contributed by atoms with E-state index in [9.17, 15) is 0 Å². The molecule has 0 spiro atoms. The molecule has 4 rings (SSSR count). The molecule has 6 N–H and O–H groups in total. The summed E-state index contributed by atoms with van der Waals surface area (Å²) in [4.78, 5) is 11.6. The van der Waals surface area contributed by atoms with E-state index in [2.05, 4.69) is 45.0 Å². The number of nitrogens with one attached hydrogen (secondary N) is 2. The normalized spacial score (nSPS) is 14.9. The highest BCUT2D eigenvalue weighted by Crippen LogP contribution is 2.26. The van der Waals surface area contributed by atoms with Crippen LogP contribution in [0.1, 0.15) is 26.2 Å². The summed E-state index contributed by atoms with van der Waals surface area (Å²) in [5.74, 6) is 6.11. The van der Waals surface area contributed by atoms with Crippen LogP contribution in [0.2, 0.25) is 0 Å². The molecule has 0 saturated carbocycles. The highest BCUT2D eigenvalue weighted by molar-refractivity contribution is 5.67. The maximum atomic E-state index is 5.92. The summed E-state index contributed by atoms with van der Waals surface area (Å²) in [6.07, 6.45) is 5.36. The van der Waals surface area contributed by atoms with Crippen LogP contribution < -0.4 is 32.3 Å². The molecule has 1 saturated heterocycles. The summed E-state index contributed by atoms with van der Waals surface area (Å²) >= 11 is 0. The van der Waals surface area contributed by atoms with Gasteiger partial charge in [0.1, 0.15) is 0 Å². The van der Waals surface area contributed by atoms with Crippen LogP contribution in [0, 0.1) is 0 Å². The van der Waals surface area contributed by atoms with E-state index in [1.807, 2.05) is 37.3 Å². The number of piperidine rings is 1.